The first-order chi connectivity index (χ1) is 22.9. The molecule has 0 aliphatic rings. The van der Waals surface area contributed by atoms with Gasteiger partial charge in [-0.05, 0) is 45.9 Å². The highest BCUT2D eigenvalue weighted by Gasteiger charge is 2.28. The number of rotatable bonds is 14. The molecule has 1 unspecified atom stereocenters. The summed E-state index contributed by atoms with van der Waals surface area (Å²) in [6.07, 6.45) is 1.39. The standard InChI is InChI=1S/C40H40N2O5/c1-42(27-36(24-21-30-13-5-2-6-14-30)38(43)46-28-31-15-7-3-8-16-31)40(45)41-37(39(44)47-29-32-17-9-4-10-18-32)26-33-22-23-34-19-11-12-20-35(34)25-33/h2-20,22-23,25,36-37H,21,24,26-29H2,1H3,(H,41,45)/t36?,37-/m0/s1. The summed E-state index contributed by atoms with van der Waals surface area (Å²) >= 11 is 0. The van der Waals surface area contributed by atoms with Crippen LogP contribution in [-0.4, -0.2) is 42.5 Å². The Morgan fingerprint density at radius 1 is 0.617 bits per heavy atom. The van der Waals surface area contributed by atoms with Crippen LogP contribution in [-0.2, 0) is 45.1 Å². The van der Waals surface area contributed by atoms with E-state index in [1.54, 1.807) is 7.05 Å². The maximum atomic E-state index is 13.6. The zero-order valence-electron chi connectivity index (χ0n) is 26.6. The van der Waals surface area contributed by atoms with Gasteiger partial charge < -0.3 is 19.7 Å². The molecule has 0 radical (unpaired) electrons. The fourth-order valence-corrected chi connectivity index (χ4v) is 5.41. The van der Waals surface area contributed by atoms with Crippen molar-refractivity contribution in [2.24, 2.45) is 5.92 Å². The molecule has 0 spiro atoms. The minimum Gasteiger partial charge on any atom is -0.461 e. The number of carbonyl (C=O) groups is 3. The number of amides is 2. The maximum Gasteiger partial charge on any atom is 0.329 e. The van der Waals surface area contributed by atoms with Crippen LogP contribution in [0.3, 0.4) is 0 Å². The van der Waals surface area contributed by atoms with Crippen molar-refractivity contribution < 1.29 is 23.9 Å². The molecule has 5 rings (SSSR count). The predicted molar refractivity (Wildman–Crippen MR) is 183 cm³/mol. The monoisotopic (exact) mass is 628 g/mol. The number of nitrogens with zero attached hydrogens (tertiary/aromatic N) is 1. The number of aryl methyl sites for hydroxylation is 1. The minimum atomic E-state index is -0.942. The van der Waals surface area contributed by atoms with Gasteiger partial charge >= 0.3 is 18.0 Å². The first-order valence-corrected chi connectivity index (χ1v) is 15.9. The van der Waals surface area contributed by atoms with Gasteiger partial charge in [0.05, 0.1) is 5.92 Å². The van der Waals surface area contributed by atoms with Crippen LogP contribution in [0, 0.1) is 5.92 Å². The third-order valence-electron chi connectivity index (χ3n) is 8.08. The molecule has 0 aromatic heterocycles. The zero-order chi connectivity index (χ0) is 32.8. The van der Waals surface area contributed by atoms with E-state index in [0.29, 0.717) is 12.8 Å². The van der Waals surface area contributed by atoms with E-state index in [9.17, 15) is 14.4 Å². The molecule has 0 aliphatic heterocycles. The van der Waals surface area contributed by atoms with Crippen LogP contribution in [0.5, 0.6) is 0 Å². The summed E-state index contributed by atoms with van der Waals surface area (Å²) in [6.45, 7) is 0.362. The normalized spacial score (nSPS) is 12.1. The Kier molecular flexibility index (Phi) is 11.7. The summed E-state index contributed by atoms with van der Waals surface area (Å²) in [5.74, 6) is -1.48. The number of benzene rings is 5. The van der Waals surface area contributed by atoms with Gasteiger partial charge in [0.2, 0.25) is 0 Å². The summed E-state index contributed by atoms with van der Waals surface area (Å²) in [4.78, 5) is 41.8. The van der Waals surface area contributed by atoms with Crippen LogP contribution in [0.1, 0.15) is 28.7 Å². The lowest BCUT2D eigenvalue weighted by atomic mass is 9.99. The summed E-state index contributed by atoms with van der Waals surface area (Å²) in [7, 11) is 1.62. The summed E-state index contributed by atoms with van der Waals surface area (Å²) in [5.41, 5.74) is 3.72. The van der Waals surface area contributed by atoms with Gasteiger partial charge in [-0.1, -0.05) is 133 Å². The quantitative estimate of drug-likeness (QED) is 0.132. The smallest absolute Gasteiger partial charge is 0.329 e. The van der Waals surface area contributed by atoms with Crippen LogP contribution < -0.4 is 5.32 Å². The van der Waals surface area contributed by atoms with Crippen molar-refractivity contribution in [2.75, 3.05) is 13.6 Å². The van der Waals surface area contributed by atoms with Crippen molar-refractivity contribution in [2.45, 2.75) is 38.5 Å². The summed E-state index contributed by atoms with van der Waals surface area (Å²) in [5, 5.41) is 5.01. The van der Waals surface area contributed by atoms with Gasteiger partial charge in [-0.15, -0.1) is 0 Å². The first kappa shape index (κ1) is 32.9. The Balaban J connectivity index is 1.28. The number of nitrogens with one attached hydrogen (secondary N) is 1. The number of fused-ring (bicyclic) bond motifs is 1. The number of carbonyl (C=O) groups excluding carboxylic acids is 3. The molecule has 240 valence electrons. The van der Waals surface area contributed by atoms with E-state index in [4.69, 9.17) is 9.47 Å². The molecule has 0 saturated heterocycles. The van der Waals surface area contributed by atoms with Crippen molar-refractivity contribution in [3.8, 4) is 0 Å². The molecule has 47 heavy (non-hydrogen) atoms. The molecule has 7 nitrogen and oxygen atoms in total. The zero-order valence-corrected chi connectivity index (χ0v) is 26.6. The van der Waals surface area contributed by atoms with E-state index >= 15 is 0 Å². The second-order valence-corrected chi connectivity index (χ2v) is 11.7. The summed E-state index contributed by atoms with van der Waals surface area (Å²) in [6, 6.07) is 41.4. The Labute approximate surface area is 276 Å². The van der Waals surface area contributed by atoms with Crippen molar-refractivity contribution in [3.63, 3.8) is 0 Å². The Morgan fingerprint density at radius 3 is 1.77 bits per heavy atom. The Bertz CT molecular complexity index is 1740. The van der Waals surface area contributed by atoms with Crippen LogP contribution in [0.25, 0.3) is 10.8 Å². The number of hydrogen-bond acceptors (Lipinski definition) is 5. The number of urea groups is 1. The van der Waals surface area contributed by atoms with Gasteiger partial charge in [-0.3, -0.25) is 4.79 Å². The number of esters is 2. The molecule has 0 fully saturated rings. The van der Waals surface area contributed by atoms with E-state index in [1.165, 1.54) is 4.90 Å². The van der Waals surface area contributed by atoms with Gasteiger partial charge in [0.1, 0.15) is 19.3 Å². The van der Waals surface area contributed by atoms with Crippen LogP contribution in [0.4, 0.5) is 4.79 Å². The SMILES string of the molecule is CN(CC(CCc1ccccc1)C(=O)OCc1ccccc1)C(=O)N[C@@H](Cc1ccc2ccccc2c1)C(=O)OCc1ccccc1. The lowest BCUT2D eigenvalue weighted by Gasteiger charge is -2.26. The molecular weight excluding hydrogens is 588 g/mol. The predicted octanol–water partition coefficient (Wildman–Crippen LogP) is 7.13. The largest absolute Gasteiger partial charge is 0.461 e. The van der Waals surface area contributed by atoms with Gasteiger partial charge in [0, 0.05) is 20.0 Å². The highest BCUT2D eigenvalue weighted by molar-refractivity contribution is 5.85. The summed E-state index contributed by atoms with van der Waals surface area (Å²) < 4.78 is 11.4. The molecule has 5 aromatic carbocycles. The third-order valence-corrected chi connectivity index (χ3v) is 8.08. The maximum absolute atomic E-state index is 13.6. The van der Waals surface area contributed by atoms with Crippen molar-refractivity contribution >= 4 is 28.7 Å². The average molecular weight is 629 g/mol. The highest BCUT2D eigenvalue weighted by atomic mass is 16.5. The van der Waals surface area contributed by atoms with E-state index in [0.717, 1.165) is 33.0 Å². The Morgan fingerprint density at radius 2 is 1.15 bits per heavy atom. The molecule has 2 amide bonds. The molecule has 1 N–H and O–H groups in total. The number of hydrogen-bond donors (Lipinski definition) is 1. The highest BCUT2D eigenvalue weighted by Crippen LogP contribution is 2.18. The molecular formula is C40H40N2O5. The number of ether oxygens (including phenoxy) is 2. The molecule has 0 aliphatic carbocycles. The molecule has 0 bridgehead atoms. The topological polar surface area (TPSA) is 84.9 Å². The fraction of sp³-hybridized carbons (Fsp3) is 0.225. The molecule has 2 atom stereocenters. The lowest BCUT2D eigenvalue weighted by Crippen LogP contribution is -2.49. The van der Waals surface area contributed by atoms with Gasteiger partial charge in [0.15, 0.2) is 0 Å². The van der Waals surface area contributed by atoms with Crippen molar-refractivity contribution in [1.82, 2.24) is 10.2 Å². The van der Waals surface area contributed by atoms with E-state index < -0.39 is 24.0 Å². The van der Waals surface area contributed by atoms with Crippen LogP contribution in [0.15, 0.2) is 133 Å². The van der Waals surface area contributed by atoms with E-state index in [-0.39, 0.29) is 32.1 Å². The molecule has 5 aromatic rings. The average Bonchev–Trinajstić information content (AvgIpc) is 3.12. The van der Waals surface area contributed by atoms with Crippen LogP contribution >= 0.6 is 0 Å². The molecule has 7 heteroatoms. The molecule has 0 heterocycles. The Hall–Kier alpha value is -5.43. The first-order valence-electron chi connectivity index (χ1n) is 15.9. The van der Waals surface area contributed by atoms with Crippen LogP contribution in [0.2, 0.25) is 0 Å². The minimum absolute atomic E-state index is 0.0917. The second-order valence-electron chi connectivity index (χ2n) is 11.7. The fourth-order valence-electron chi connectivity index (χ4n) is 5.41. The second kappa shape index (κ2) is 16.8. The van der Waals surface area contributed by atoms with Gasteiger partial charge in [0.25, 0.3) is 0 Å². The van der Waals surface area contributed by atoms with E-state index in [2.05, 4.69) is 5.32 Å². The van der Waals surface area contributed by atoms with Gasteiger partial charge in [-0.2, -0.15) is 0 Å². The van der Waals surface area contributed by atoms with Crippen molar-refractivity contribution in [3.05, 3.63) is 156 Å². The van der Waals surface area contributed by atoms with Crippen molar-refractivity contribution in [1.29, 1.82) is 0 Å². The third kappa shape index (κ3) is 10.0. The van der Waals surface area contributed by atoms with E-state index in [1.807, 2.05) is 133 Å². The van der Waals surface area contributed by atoms with Gasteiger partial charge in [-0.25, -0.2) is 9.59 Å². The lowest BCUT2D eigenvalue weighted by molar-refractivity contribution is -0.151. The molecule has 0 saturated carbocycles.